The molecule has 10 heteroatoms. The third kappa shape index (κ3) is 4.49. The molecule has 0 aromatic rings. The van der Waals surface area contributed by atoms with Gasteiger partial charge in [-0.3, -0.25) is 4.79 Å². The third-order valence-corrected chi connectivity index (χ3v) is 5.79. The summed E-state index contributed by atoms with van der Waals surface area (Å²) in [4.78, 5) is 50.0. The van der Waals surface area contributed by atoms with Gasteiger partial charge in [-0.1, -0.05) is 12.7 Å². The maximum atomic E-state index is 12.8. The van der Waals surface area contributed by atoms with Gasteiger partial charge in [0, 0.05) is 18.1 Å². The van der Waals surface area contributed by atoms with Crippen LogP contribution < -0.4 is 0 Å². The lowest BCUT2D eigenvalue weighted by Crippen LogP contribution is -2.48. The smallest absolute Gasteiger partial charge is 0.337 e. The predicted molar refractivity (Wildman–Crippen MR) is 111 cm³/mol. The fourth-order valence-corrected chi connectivity index (χ4v) is 4.12. The van der Waals surface area contributed by atoms with Crippen LogP contribution in [0.4, 0.5) is 0 Å². The number of allylic oxidation sites excluding steroid dienone is 1. The SMILES string of the molecule is C=C1C(=O)O[C@H]2[C@H]1[C@H](OC(=O)/C(C)=C\C)[C@@H](OC(C)=O)/C(C(=O)OC)=C\[C@@]1(O)C=C(C)[C@H]2O1. The van der Waals surface area contributed by atoms with E-state index in [4.69, 9.17) is 23.7 Å². The Balaban J connectivity index is 2.28. The standard InChI is InChI=1S/C23H26O10/c1-7-10(2)20(25)31-19-15-12(4)21(26)32-18(15)16-11(3)8-23(28,33-16)9-14(22(27)29-6)17(19)30-13(5)24/h7-9,15-19,28H,4H2,1-3,5-6H3/b10-7-,14-9+/t15-,16+,17-,18-,19-,23+/m0/s1. The number of hydrogen-bond acceptors (Lipinski definition) is 10. The number of aliphatic hydroxyl groups is 1. The van der Waals surface area contributed by atoms with Crippen LogP contribution in [0.3, 0.4) is 0 Å². The molecule has 0 unspecified atom stereocenters. The summed E-state index contributed by atoms with van der Waals surface area (Å²) < 4.78 is 27.2. The van der Waals surface area contributed by atoms with Crippen molar-refractivity contribution in [2.24, 2.45) is 5.92 Å². The molecule has 10 nitrogen and oxygen atoms in total. The summed E-state index contributed by atoms with van der Waals surface area (Å²) in [5, 5.41) is 11.0. The van der Waals surface area contributed by atoms with Crippen LogP contribution >= 0.6 is 0 Å². The number of ether oxygens (including phenoxy) is 5. The lowest BCUT2D eigenvalue weighted by atomic mass is 9.81. The molecule has 3 rings (SSSR count). The minimum absolute atomic E-state index is 0.0639. The maximum absolute atomic E-state index is 12.8. The van der Waals surface area contributed by atoms with Crippen LogP contribution in [0, 0.1) is 5.92 Å². The zero-order valence-corrected chi connectivity index (χ0v) is 18.9. The van der Waals surface area contributed by atoms with Crippen molar-refractivity contribution in [2.45, 2.75) is 57.9 Å². The second kappa shape index (κ2) is 8.95. The van der Waals surface area contributed by atoms with Crippen LogP contribution in [0.25, 0.3) is 0 Å². The Morgan fingerprint density at radius 3 is 2.45 bits per heavy atom. The highest BCUT2D eigenvalue weighted by Gasteiger charge is 2.57. The van der Waals surface area contributed by atoms with Crippen LogP contribution in [-0.2, 0) is 42.9 Å². The number of rotatable bonds is 4. The molecular formula is C23H26O10. The van der Waals surface area contributed by atoms with E-state index in [1.165, 1.54) is 19.1 Å². The van der Waals surface area contributed by atoms with Crippen molar-refractivity contribution in [3.63, 3.8) is 0 Å². The van der Waals surface area contributed by atoms with Crippen molar-refractivity contribution in [3.05, 3.63) is 47.1 Å². The number of carbonyl (C=O) groups is 4. The van der Waals surface area contributed by atoms with Crippen molar-refractivity contribution in [1.82, 2.24) is 0 Å². The average molecular weight is 462 g/mol. The first kappa shape index (κ1) is 24.4. The van der Waals surface area contributed by atoms with Crippen LogP contribution in [0.5, 0.6) is 0 Å². The minimum Gasteiger partial charge on any atom is -0.466 e. The summed E-state index contributed by atoms with van der Waals surface area (Å²) in [6, 6.07) is 0. The number of carbonyl (C=O) groups excluding carboxylic acids is 4. The highest BCUT2D eigenvalue weighted by molar-refractivity contribution is 5.93. The Morgan fingerprint density at radius 2 is 1.88 bits per heavy atom. The van der Waals surface area contributed by atoms with E-state index in [1.807, 2.05) is 0 Å². The van der Waals surface area contributed by atoms with Gasteiger partial charge in [-0.05, 0) is 38.5 Å². The molecule has 178 valence electrons. The molecule has 6 atom stereocenters. The van der Waals surface area contributed by atoms with Gasteiger partial charge in [-0.25, -0.2) is 14.4 Å². The van der Waals surface area contributed by atoms with Crippen molar-refractivity contribution in [3.8, 4) is 0 Å². The van der Waals surface area contributed by atoms with Crippen molar-refractivity contribution >= 4 is 23.9 Å². The van der Waals surface area contributed by atoms with Crippen molar-refractivity contribution in [1.29, 1.82) is 0 Å². The summed E-state index contributed by atoms with van der Waals surface area (Å²) >= 11 is 0. The first-order valence-corrected chi connectivity index (χ1v) is 10.2. The second-order valence-corrected chi connectivity index (χ2v) is 8.06. The predicted octanol–water partition coefficient (Wildman–Crippen LogP) is 1.04. The molecule has 0 radical (unpaired) electrons. The zero-order valence-electron chi connectivity index (χ0n) is 18.9. The molecule has 0 aromatic heterocycles. The minimum atomic E-state index is -2.10. The Kier molecular flexibility index (Phi) is 6.62. The molecule has 2 bridgehead atoms. The molecule has 3 aliphatic heterocycles. The van der Waals surface area contributed by atoms with E-state index < -0.39 is 60.0 Å². The molecule has 3 aliphatic rings. The number of methoxy groups -OCH3 is 1. The van der Waals surface area contributed by atoms with E-state index in [-0.39, 0.29) is 16.7 Å². The van der Waals surface area contributed by atoms with E-state index in [2.05, 4.69) is 6.58 Å². The molecule has 33 heavy (non-hydrogen) atoms. The number of fused-ring (bicyclic) bond motifs is 4. The van der Waals surface area contributed by atoms with Gasteiger partial charge in [0.1, 0.15) is 12.2 Å². The van der Waals surface area contributed by atoms with E-state index in [0.717, 1.165) is 20.1 Å². The Morgan fingerprint density at radius 1 is 1.21 bits per heavy atom. The molecular weight excluding hydrogens is 436 g/mol. The molecule has 1 fully saturated rings. The first-order chi connectivity index (χ1) is 15.4. The molecule has 0 amide bonds. The second-order valence-electron chi connectivity index (χ2n) is 8.06. The number of hydrogen-bond donors (Lipinski definition) is 1. The Hall–Kier alpha value is -3.24. The fraction of sp³-hybridized carbons (Fsp3) is 0.478. The Bertz CT molecular complexity index is 1000. The molecule has 1 saturated heterocycles. The topological polar surface area (TPSA) is 135 Å². The lowest BCUT2D eigenvalue weighted by Gasteiger charge is -2.34. The van der Waals surface area contributed by atoms with Gasteiger partial charge in [0.2, 0.25) is 5.79 Å². The van der Waals surface area contributed by atoms with Gasteiger partial charge in [0.15, 0.2) is 12.2 Å². The van der Waals surface area contributed by atoms with Gasteiger partial charge in [0.25, 0.3) is 0 Å². The summed E-state index contributed by atoms with van der Waals surface area (Å²) in [6.07, 6.45) is -1.13. The molecule has 1 N–H and O–H groups in total. The fourth-order valence-electron chi connectivity index (χ4n) is 4.12. The van der Waals surface area contributed by atoms with Gasteiger partial charge < -0.3 is 28.8 Å². The van der Waals surface area contributed by atoms with E-state index in [1.54, 1.807) is 13.8 Å². The zero-order chi connectivity index (χ0) is 24.7. The van der Waals surface area contributed by atoms with Crippen LogP contribution in [-0.4, -0.2) is 66.3 Å². The van der Waals surface area contributed by atoms with Gasteiger partial charge in [-0.15, -0.1) is 0 Å². The van der Waals surface area contributed by atoms with Crippen LogP contribution in [0.1, 0.15) is 27.7 Å². The summed E-state index contributed by atoms with van der Waals surface area (Å²) in [7, 11) is 1.10. The normalized spacial score (nSPS) is 35.1. The molecule has 0 spiro atoms. The molecule has 3 heterocycles. The average Bonchev–Trinajstić information content (AvgIpc) is 3.22. The van der Waals surface area contributed by atoms with Gasteiger partial charge in [0.05, 0.1) is 18.6 Å². The van der Waals surface area contributed by atoms with E-state index in [0.29, 0.717) is 5.57 Å². The van der Waals surface area contributed by atoms with Gasteiger partial charge in [-0.2, -0.15) is 0 Å². The quantitative estimate of drug-likeness (QED) is 0.279. The number of esters is 4. The van der Waals surface area contributed by atoms with Crippen molar-refractivity contribution < 1.29 is 48.0 Å². The lowest BCUT2D eigenvalue weighted by molar-refractivity contribution is -0.181. The summed E-state index contributed by atoms with van der Waals surface area (Å²) in [5.41, 5.74) is 0.339. The van der Waals surface area contributed by atoms with Crippen LogP contribution in [0.15, 0.2) is 47.1 Å². The molecule has 0 aromatic carbocycles. The highest BCUT2D eigenvalue weighted by atomic mass is 16.7. The summed E-state index contributed by atoms with van der Waals surface area (Å²) in [6.45, 7) is 9.67. The third-order valence-electron chi connectivity index (χ3n) is 5.79. The maximum Gasteiger partial charge on any atom is 0.337 e. The highest BCUT2D eigenvalue weighted by Crippen LogP contribution is 2.44. The summed E-state index contributed by atoms with van der Waals surface area (Å²) in [5.74, 6) is -6.49. The largest absolute Gasteiger partial charge is 0.466 e. The van der Waals surface area contributed by atoms with Gasteiger partial charge >= 0.3 is 23.9 Å². The van der Waals surface area contributed by atoms with E-state index in [9.17, 15) is 24.3 Å². The van der Waals surface area contributed by atoms with Crippen molar-refractivity contribution in [2.75, 3.05) is 7.11 Å². The molecule has 0 aliphatic carbocycles. The monoisotopic (exact) mass is 462 g/mol. The van der Waals surface area contributed by atoms with Crippen LogP contribution in [0.2, 0.25) is 0 Å². The Labute approximate surface area is 190 Å². The first-order valence-electron chi connectivity index (χ1n) is 10.2. The molecule has 0 saturated carbocycles. The van der Waals surface area contributed by atoms with E-state index >= 15 is 0 Å².